The summed E-state index contributed by atoms with van der Waals surface area (Å²) >= 11 is 0. The number of halogens is 4. The third kappa shape index (κ3) is 6.23. The van der Waals surface area contributed by atoms with Gasteiger partial charge >= 0.3 is 12.1 Å². The molecule has 0 fully saturated rings. The highest BCUT2D eigenvalue weighted by Crippen LogP contribution is 2.21. The van der Waals surface area contributed by atoms with E-state index in [1.54, 1.807) is 0 Å². The average molecular weight is 208 g/mol. The minimum Gasteiger partial charge on any atom is -0.480 e. The lowest BCUT2D eigenvalue weighted by Crippen LogP contribution is -2.37. The van der Waals surface area contributed by atoms with Crippen LogP contribution in [-0.4, -0.2) is 30.3 Å². The molecule has 1 unspecified atom stereocenters. The molecule has 12 heavy (non-hydrogen) atoms. The van der Waals surface area contributed by atoms with Crippen molar-refractivity contribution in [2.75, 3.05) is 7.05 Å². The fourth-order valence-corrected chi connectivity index (χ4v) is 0.544. The van der Waals surface area contributed by atoms with Crippen molar-refractivity contribution in [3.8, 4) is 0 Å². The molecule has 0 aromatic rings. The second-order valence-corrected chi connectivity index (χ2v) is 2.00. The van der Waals surface area contributed by atoms with Gasteiger partial charge in [-0.2, -0.15) is 13.2 Å². The van der Waals surface area contributed by atoms with Crippen LogP contribution in [0.1, 0.15) is 6.42 Å². The molecular formula is C5H9ClF3NO2. The van der Waals surface area contributed by atoms with Gasteiger partial charge in [0.05, 0.1) is 6.42 Å². The highest BCUT2D eigenvalue weighted by molar-refractivity contribution is 5.85. The van der Waals surface area contributed by atoms with Crippen LogP contribution in [0.3, 0.4) is 0 Å². The first kappa shape index (κ1) is 14.1. The molecule has 0 spiro atoms. The summed E-state index contributed by atoms with van der Waals surface area (Å²) in [5.74, 6) is -1.50. The minimum atomic E-state index is -4.44. The summed E-state index contributed by atoms with van der Waals surface area (Å²) in [6, 6.07) is -1.55. The SMILES string of the molecule is CNC(CC(F)(F)F)C(=O)O.Cl. The largest absolute Gasteiger partial charge is 0.480 e. The maximum Gasteiger partial charge on any atom is 0.391 e. The molecule has 0 radical (unpaired) electrons. The Morgan fingerprint density at radius 3 is 2.08 bits per heavy atom. The molecule has 0 amide bonds. The zero-order valence-electron chi connectivity index (χ0n) is 6.18. The summed E-state index contributed by atoms with van der Waals surface area (Å²) in [7, 11) is 1.17. The van der Waals surface area contributed by atoms with Crippen LogP contribution in [0.2, 0.25) is 0 Å². The Bertz CT molecular complexity index is 150. The molecule has 0 aliphatic heterocycles. The van der Waals surface area contributed by atoms with Crippen molar-refractivity contribution in [2.45, 2.75) is 18.6 Å². The number of rotatable bonds is 3. The molecule has 0 aliphatic rings. The number of carbonyl (C=O) groups is 1. The first-order valence-electron chi connectivity index (χ1n) is 2.83. The van der Waals surface area contributed by atoms with Gasteiger partial charge in [-0.1, -0.05) is 0 Å². The Morgan fingerprint density at radius 2 is 2.00 bits per heavy atom. The molecule has 0 rings (SSSR count). The van der Waals surface area contributed by atoms with Gasteiger partial charge in [-0.25, -0.2) is 0 Å². The minimum absolute atomic E-state index is 0. The van der Waals surface area contributed by atoms with E-state index in [4.69, 9.17) is 5.11 Å². The fourth-order valence-electron chi connectivity index (χ4n) is 0.544. The number of carboxylic acid groups (broad SMARTS) is 1. The summed E-state index contributed by atoms with van der Waals surface area (Å²) in [4.78, 5) is 10.0. The van der Waals surface area contributed by atoms with Gasteiger partial charge in [-0.05, 0) is 7.05 Å². The highest BCUT2D eigenvalue weighted by Gasteiger charge is 2.34. The van der Waals surface area contributed by atoms with Crippen LogP contribution in [0.4, 0.5) is 13.2 Å². The lowest BCUT2D eigenvalue weighted by Gasteiger charge is -2.12. The van der Waals surface area contributed by atoms with E-state index in [2.05, 4.69) is 0 Å². The molecule has 3 nitrogen and oxygen atoms in total. The highest BCUT2D eigenvalue weighted by atomic mass is 35.5. The van der Waals surface area contributed by atoms with Gasteiger partial charge in [-0.15, -0.1) is 12.4 Å². The van der Waals surface area contributed by atoms with E-state index in [-0.39, 0.29) is 12.4 Å². The number of likely N-dealkylation sites (N-methyl/N-ethyl adjacent to an activating group) is 1. The molecule has 0 aromatic heterocycles. The third-order valence-electron chi connectivity index (χ3n) is 1.08. The van der Waals surface area contributed by atoms with Crippen LogP contribution >= 0.6 is 12.4 Å². The number of carboxylic acids is 1. The molecule has 0 saturated heterocycles. The van der Waals surface area contributed by atoms with Crippen molar-refractivity contribution in [1.29, 1.82) is 0 Å². The zero-order valence-corrected chi connectivity index (χ0v) is 7.00. The summed E-state index contributed by atoms with van der Waals surface area (Å²) in [5, 5.41) is 10.2. The van der Waals surface area contributed by atoms with Gasteiger partial charge in [0.1, 0.15) is 6.04 Å². The fraction of sp³-hybridized carbons (Fsp3) is 0.800. The monoisotopic (exact) mass is 207 g/mol. The summed E-state index contributed by atoms with van der Waals surface area (Å²) in [6.45, 7) is 0. The van der Waals surface area contributed by atoms with E-state index in [0.29, 0.717) is 0 Å². The van der Waals surface area contributed by atoms with Crippen LogP contribution in [-0.2, 0) is 4.79 Å². The predicted octanol–water partition coefficient (Wildman–Crippen LogP) is 1.03. The smallest absolute Gasteiger partial charge is 0.391 e. The molecule has 0 aliphatic carbocycles. The molecule has 1 atom stereocenters. The first-order valence-corrected chi connectivity index (χ1v) is 2.83. The van der Waals surface area contributed by atoms with Crippen LogP contribution in [0.15, 0.2) is 0 Å². The van der Waals surface area contributed by atoms with Crippen molar-refractivity contribution in [1.82, 2.24) is 5.32 Å². The average Bonchev–Trinajstić information content (AvgIpc) is 1.80. The van der Waals surface area contributed by atoms with E-state index in [1.165, 1.54) is 7.05 Å². The van der Waals surface area contributed by atoms with Gasteiger partial charge in [0.25, 0.3) is 0 Å². The van der Waals surface area contributed by atoms with Gasteiger partial charge in [-0.3, -0.25) is 4.79 Å². The zero-order chi connectivity index (χ0) is 9.07. The van der Waals surface area contributed by atoms with Crippen molar-refractivity contribution in [3.63, 3.8) is 0 Å². The van der Waals surface area contributed by atoms with E-state index < -0.39 is 24.6 Å². The summed E-state index contributed by atoms with van der Waals surface area (Å²) < 4.78 is 34.6. The van der Waals surface area contributed by atoms with Gasteiger partial charge < -0.3 is 10.4 Å². The Kier molecular flexibility index (Phi) is 6.10. The first-order chi connectivity index (χ1) is 4.87. The van der Waals surface area contributed by atoms with Crippen molar-refractivity contribution in [2.24, 2.45) is 0 Å². The Labute approximate surface area is 73.4 Å². The van der Waals surface area contributed by atoms with E-state index in [1.807, 2.05) is 5.32 Å². The lowest BCUT2D eigenvalue weighted by atomic mass is 10.2. The van der Waals surface area contributed by atoms with Crippen LogP contribution in [0.5, 0.6) is 0 Å². The number of alkyl halides is 3. The molecule has 2 N–H and O–H groups in total. The Hall–Kier alpha value is -0.490. The molecule has 0 aromatic carbocycles. The topological polar surface area (TPSA) is 49.3 Å². The molecule has 0 heterocycles. The maximum absolute atomic E-state index is 11.5. The maximum atomic E-state index is 11.5. The van der Waals surface area contributed by atoms with Crippen LogP contribution in [0.25, 0.3) is 0 Å². The van der Waals surface area contributed by atoms with Gasteiger partial charge in [0, 0.05) is 0 Å². The molecule has 74 valence electrons. The Balaban J connectivity index is 0. The number of aliphatic carboxylic acids is 1. The Morgan fingerprint density at radius 1 is 1.58 bits per heavy atom. The second-order valence-electron chi connectivity index (χ2n) is 2.00. The standard InChI is InChI=1S/C5H8F3NO2.ClH/c1-9-3(4(10)11)2-5(6,7)8;/h3,9H,2H2,1H3,(H,10,11);1H. The molecule has 7 heteroatoms. The van der Waals surface area contributed by atoms with Crippen LogP contribution < -0.4 is 5.32 Å². The normalized spacial score (nSPS) is 13.3. The van der Waals surface area contributed by atoms with E-state index >= 15 is 0 Å². The number of nitrogens with one attached hydrogen (secondary N) is 1. The number of hydrogen-bond acceptors (Lipinski definition) is 2. The second kappa shape index (κ2) is 5.21. The van der Waals surface area contributed by atoms with E-state index in [9.17, 15) is 18.0 Å². The number of hydrogen-bond donors (Lipinski definition) is 2. The molecular weight excluding hydrogens is 199 g/mol. The van der Waals surface area contributed by atoms with Crippen LogP contribution in [0, 0.1) is 0 Å². The van der Waals surface area contributed by atoms with Gasteiger partial charge in [0.2, 0.25) is 0 Å². The molecule has 0 bridgehead atoms. The van der Waals surface area contributed by atoms with Gasteiger partial charge in [0.15, 0.2) is 0 Å². The van der Waals surface area contributed by atoms with Crippen molar-refractivity contribution >= 4 is 18.4 Å². The molecule has 0 saturated carbocycles. The van der Waals surface area contributed by atoms with Crippen molar-refractivity contribution in [3.05, 3.63) is 0 Å². The third-order valence-corrected chi connectivity index (χ3v) is 1.08. The summed E-state index contributed by atoms with van der Waals surface area (Å²) in [6.07, 6.45) is -5.79. The summed E-state index contributed by atoms with van der Waals surface area (Å²) in [5.41, 5.74) is 0. The predicted molar refractivity (Wildman–Crippen MR) is 38.4 cm³/mol. The van der Waals surface area contributed by atoms with Crippen molar-refractivity contribution < 1.29 is 23.1 Å². The lowest BCUT2D eigenvalue weighted by molar-refractivity contribution is -0.158. The quantitative estimate of drug-likeness (QED) is 0.727. The van der Waals surface area contributed by atoms with E-state index in [0.717, 1.165) is 0 Å².